The van der Waals surface area contributed by atoms with E-state index in [-0.39, 0.29) is 29.8 Å². The number of nitrogens with one attached hydrogen (secondary N) is 1. The molecule has 0 radical (unpaired) electrons. The summed E-state index contributed by atoms with van der Waals surface area (Å²) in [4.78, 5) is 13.7. The minimum atomic E-state index is -0.855. The molecule has 1 aliphatic carbocycles. The van der Waals surface area contributed by atoms with Crippen LogP contribution in [0.1, 0.15) is 32.8 Å². The number of ether oxygens (including phenoxy) is 1. The van der Waals surface area contributed by atoms with Gasteiger partial charge in [-0.3, -0.25) is 4.79 Å². The molecular weight excluding hydrogens is 332 g/mol. The van der Waals surface area contributed by atoms with Crippen LogP contribution < -0.4 is 11.1 Å². The first kappa shape index (κ1) is 20.3. The second-order valence-corrected chi connectivity index (χ2v) is 7.25. The Morgan fingerprint density at radius 3 is 2.48 bits per heavy atom. The lowest BCUT2D eigenvalue weighted by atomic mass is 9.54. The fourth-order valence-electron chi connectivity index (χ4n) is 2.90. The summed E-state index contributed by atoms with van der Waals surface area (Å²) < 4.78 is 5.66. The maximum absolute atomic E-state index is 12.5. The molecule has 0 aliphatic heterocycles. The maximum Gasteiger partial charge on any atom is 0.241 e. The van der Waals surface area contributed by atoms with Crippen LogP contribution in [0, 0.1) is 5.41 Å². The highest BCUT2D eigenvalue weighted by Gasteiger charge is 2.62. The lowest BCUT2D eigenvalue weighted by molar-refractivity contribution is -0.170. The smallest absolute Gasteiger partial charge is 0.241 e. The highest BCUT2D eigenvalue weighted by molar-refractivity contribution is 7.98. The van der Waals surface area contributed by atoms with Crippen LogP contribution in [-0.4, -0.2) is 30.4 Å². The zero-order chi connectivity index (χ0) is 16.4. The third kappa shape index (κ3) is 3.85. The fraction of sp³-hybridized carbons (Fsp3) is 0.588. The van der Waals surface area contributed by atoms with Gasteiger partial charge in [0.25, 0.3) is 0 Å². The molecular formula is C17H27ClN2O2S. The van der Waals surface area contributed by atoms with Crippen LogP contribution in [0.5, 0.6) is 0 Å². The Bertz CT molecular complexity index is 536. The summed E-state index contributed by atoms with van der Waals surface area (Å²) >= 11 is 1.70. The van der Waals surface area contributed by atoms with Gasteiger partial charge in [0.05, 0.1) is 6.10 Å². The number of hydrogen-bond donors (Lipinski definition) is 2. The Kier molecular flexibility index (Phi) is 6.95. The second-order valence-electron chi connectivity index (χ2n) is 6.37. The molecule has 0 aromatic heterocycles. The zero-order valence-corrected chi connectivity index (χ0v) is 15.9. The van der Waals surface area contributed by atoms with E-state index in [2.05, 4.69) is 17.4 Å². The van der Waals surface area contributed by atoms with Gasteiger partial charge in [-0.25, -0.2) is 0 Å². The molecule has 2 atom stereocenters. The number of carbonyl (C=O) groups is 1. The Morgan fingerprint density at radius 1 is 1.39 bits per heavy atom. The molecule has 1 aromatic rings. The number of rotatable bonds is 6. The van der Waals surface area contributed by atoms with Crippen molar-refractivity contribution >= 4 is 30.1 Å². The molecule has 1 saturated carbocycles. The van der Waals surface area contributed by atoms with Crippen molar-refractivity contribution in [3.05, 3.63) is 29.8 Å². The number of halogens is 1. The van der Waals surface area contributed by atoms with E-state index in [1.165, 1.54) is 4.90 Å². The Morgan fingerprint density at radius 2 is 2.00 bits per heavy atom. The van der Waals surface area contributed by atoms with E-state index in [4.69, 9.17) is 10.5 Å². The van der Waals surface area contributed by atoms with E-state index < -0.39 is 5.54 Å². The molecule has 0 heterocycles. The molecule has 6 heteroatoms. The largest absolute Gasteiger partial charge is 0.378 e. The number of hydrogen-bond acceptors (Lipinski definition) is 4. The van der Waals surface area contributed by atoms with Crippen molar-refractivity contribution in [2.24, 2.45) is 11.1 Å². The van der Waals surface area contributed by atoms with Crippen LogP contribution in [0.4, 0.5) is 0 Å². The monoisotopic (exact) mass is 358 g/mol. The first-order chi connectivity index (χ1) is 10.3. The minimum Gasteiger partial charge on any atom is -0.378 e. The fourth-order valence-corrected chi connectivity index (χ4v) is 3.31. The topological polar surface area (TPSA) is 64.3 Å². The number of thioether (sulfide) groups is 1. The summed E-state index contributed by atoms with van der Waals surface area (Å²) in [6.45, 7) is 7.12. The molecule has 23 heavy (non-hydrogen) atoms. The van der Waals surface area contributed by atoms with Crippen LogP contribution in [-0.2, 0) is 16.1 Å². The van der Waals surface area contributed by atoms with Crippen molar-refractivity contribution in [3.8, 4) is 0 Å². The van der Waals surface area contributed by atoms with E-state index in [9.17, 15) is 4.79 Å². The molecule has 0 spiro atoms. The van der Waals surface area contributed by atoms with Crippen LogP contribution in [0.2, 0.25) is 0 Å². The Hall–Kier alpha value is -0.750. The SMILES string of the molecule is CCOC1CC(N)(C(=O)NCc2ccc(SC)cc2)C1(C)C.Cl. The zero-order valence-electron chi connectivity index (χ0n) is 14.2. The van der Waals surface area contributed by atoms with Crippen molar-refractivity contribution in [2.45, 2.75) is 50.3 Å². The first-order valence-corrected chi connectivity index (χ1v) is 8.89. The summed E-state index contributed by atoms with van der Waals surface area (Å²) in [5.41, 5.74) is 6.23. The highest BCUT2D eigenvalue weighted by atomic mass is 35.5. The minimum absolute atomic E-state index is 0. The lowest BCUT2D eigenvalue weighted by Gasteiger charge is -2.57. The number of benzene rings is 1. The van der Waals surface area contributed by atoms with E-state index >= 15 is 0 Å². The van der Waals surface area contributed by atoms with Crippen molar-refractivity contribution in [2.75, 3.05) is 12.9 Å². The molecule has 1 amide bonds. The average Bonchev–Trinajstić information content (AvgIpc) is 2.52. The highest BCUT2D eigenvalue weighted by Crippen LogP contribution is 2.49. The molecule has 0 saturated heterocycles. The standard InChI is InChI=1S/C17H26N2O2S.ClH/c1-5-21-14-10-17(18,16(14,2)3)15(20)19-11-12-6-8-13(22-4)9-7-12;/h6-9,14H,5,10-11,18H2,1-4H3,(H,19,20);1H. The Balaban J connectivity index is 0.00000264. The molecule has 1 aliphatic rings. The summed E-state index contributed by atoms with van der Waals surface area (Å²) in [5.74, 6) is -0.0950. The molecule has 1 fully saturated rings. The molecule has 0 bridgehead atoms. The van der Waals surface area contributed by atoms with Gasteiger partial charge >= 0.3 is 0 Å². The molecule has 3 N–H and O–H groups in total. The molecule has 2 rings (SSSR count). The van der Waals surface area contributed by atoms with Gasteiger partial charge in [0.1, 0.15) is 5.54 Å². The van der Waals surface area contributed by atoms with E-state index in [1.807, 2.05) is 39.2 Å². The van der Waals surface area contributed by atoms with Gasteiger partial charge in [-0.15, -0.1) is 24.2 Å². The van der Waals surface area contributed by atoms with E-state index in [1.54, 1.807) is 11.8 Å². The first-order valence-electron chi connectivity index (χ1n) is 7.67. The quantitative estimate of drug-likeness (QED) is 0.767. The molecule has 2 unspecified atom stereocenters. The second kappa shape index (κ2) is 7.88. The molecule has 1 aromatic carbocycles. The van der Waals surface area contributed by atoms with Crippen molar-refractivity contribution in [1.29, 1.82) is 0 Å². The Labute approximate surface area is 149 Å². The van der Waals surface area contributed by atoms with Gasteiger partial charge in [-0.1, -0.05) is 26.0 Å². The summed E-state index contributed by atoms with van der Waals surface area (Å²) in [6, 6.07) is 8.18. The van der Waals surface area contributed by atoms with E-state index in [0.717, 1.165) is 5.56 Å². The molecule has 130 valence electrons. The van der Waals surface area contributed by atoms with Crippen LogP contribution in [0.15, 0.2) is 29.2 Å². The van der Waals surface area contributed by atoms with Gasteiger partial charge in [0, 0.05) is 29.9 Å². The van der Waals surface area contributed by atoms with Crippen LogP contribution in [0.25, 0.3) is 0 Å². The summed E-state index contributed by atoms with van der Waals surface area (Å²) in [7, 11) is 0. The van der Waals surface area contributed by atoms with Gasteiger partial charge in [-0.05, 0) is 30.9 Å². The van der Waals surface area contributed by atoms with Gasteiger partial charge in [0.2, 0.25) is 5.91 Å². The van der Waals surface area contributed by atoms with Gasteiger partial charge in [-0.2, -0.15) is 0 Å². The summed E-state index contributed by atoms with van der Waals surface area (Å²) in [6.07, 6.45) is 2.67. The maximum atomic E-state index is 12.5. The third-order valence-corrected chi connectivity index (χ3v) is 5.59. The summed E-state index contributed by atoms with van der Waals surface area (Å²) in [5, 5.41) is 2.97. The third-order valence-electron chi connectivity index (χ3n) is 4.85. The number of carbonyl (C=O) groups excluding carboxylic acids is 1. The number of nitrogens with two attached hydrogens (primary N) is 1. The van der Waals surface area contributed by atoms with Crippen molar-refractivity contribution < 1.29 is 9.53 Å². The predicted molar refractivity (Wildman–Crippen MR) is 98.0 cm³/mol. The van der Waals surface area contributed by atoms with E-state index in [0.29, 0.717) is 19.6 Å². The number of amides is 1. The van der Waals surface area contributed by atoms with Crippen LogP contribution in [0.3, 0.4) is 0 Å². The lowest BCUT2D eigenvalue weighted by Crippen LogP contribution is -2.75. The average molecular weight is 359 g/mol. The van der Waals surface area contributed by atoms with Crippen molar-refractivity contribution in [1.82, 2.24) is 5.32 Å². The predicted octanol–water partition coefficient (Wildman–Crippen LogP) is 2.98. The van der Waals surface area contributed by atoms with Gasteiger partial charge in [0.15, 0.2) is 0 Å². The van der Waals surface area contributed by atoms with Crippen LogP contribution >= 0.6 is 24.2 Å². The van der Waals surface area contributed by atoms with Gasteiger partial charge < -0.3 is 15.8 Å². The molecule has 4 nitrogen and oxygen atoms in total. The normalized spacial score (nSPS) is 25.2. The van der Waals surface area contributed by atoms with Crippen molar-refractivity contribution in [3.63, 3.8) is 0 Å².